The molecule has 0 unspecified atom stereocenters. The zero-order chi connectivity index (χ0) is 13.8. The summed E-state index contributed by atoms with van der Waals surface area (Å²) in [6.07, 6.45) is 0. The fraction of sp³-hybridized carbons (Fsp3) is 0.400. The molecule has 0 aliphatic carbocycles. The zero-order valence-corrected chi connectivity index (χ0v) is 12.3. The van der Waals surface area contributed by atoms with Crippen molar-refractivity contribution in [3.63, 3.8) is 0 Å². The van der Waals surface area contributed by atoms with E-state index in [-0.39, 0.29) is 23.8 Å². The summed E-state index contributed by atoms with van der Waals surface area (Å²) < 4.78 is 36.8. The zero-order valence-electron chi connectivity index (χ0n) is 9.94. The van der Waals surface area contributed by atoms with Crippen molar-refractivity contribution in [2.75, 3.05) is 27.4 Å². The van der Waals surface area contributed by atoms with E-state index in [1.165, 1.54) is 26.4 Å². The number of benzene rings is 1. The maximum atomic E-state index is 12.0. The van der Waals surface area contributed by atoms with Crippen LogP contribution in [0.4, 0.5) is 0 Å². The maximum absolute atomic E-state index is 12.0. The number of sulfonamides is 1. The lowest BCUT2D eigenvalue weighted by molar-refractivity contribution is 0.301. The Morgan fingerprint density at radius 3 is 2.39 bits per heavy atom. The van der Waals surface area contributed by atoms with Crippen LogP contribution in [0.25, 0.3) is 0 Å². The fourth-order valence-corrected chi connectivity index (χ4v) is 2.97. The molecular formula is C10H14BrNO5S. The molecule has 0 amide bonds. The molecule has 0 heterocycles. The summed E-state index contributed by atoms with van der Waals surface area (Å²) in [5, 5.41) is 8.66. The molecule has 1 aromatic carbocycles. The molecule has 0 aromatic heterocycles. The fourth-order valence-electron chi connectivity index (χ4n) is 1.30. The lowest BCUT2D eigenvalue weighted by Gasteiger charge is -2.13. The van der Waals surface area contributed by atoms with Gasteiger partial charge < -0.3 is 14.6 Å². The lowest BCUT2D eigenvalue weighted by atomic mass is 10.3. The summed E-state index contributed by atoms with van der Waals surface area (Å²) in [5.41, 5.74) is 0. The minimum absolute atomic E-state index is 0.0431. The van der Waals surface area contributed by atoms with Gasteiger partial charge in [0, 0.05) is 12.6 Å². The second-order valence-corrected chi connectivity index (χ2v) is 5.85. The van der Waals surface area contributed by atoms with Crippen LogP contribution in [0, 0.1) is 0 Å². The minimum atomic E-state index is -3.75. The second-order valence-electron chi connectivity index (χ2n) is 3.26. The molecule has 18 heavy (non-hydrogen) atoms. The topological polar surface area (TPSA) is 84.9 Å². The van der Waals surface area contributed by atoms with E-state index in [1.807, 2.05) is 0 Å². The van der Waals surface area contributed by atoms with E-state index in [4.69, 9.17) is 14.6 Å². The van der Waals surface area contributed by atoms with Crippen LogP contribution in [0.15, 0.2) is 21.5 Å². The molecule has 0 spiro atoms. The number of methoxy groups -OCH3 is 2. The smallest absolute Gasteiger partial charge is 0.244 e. The summed E-state index contributed by atoms with van der Waals surface area (Å²) in [6, 6.07) is 2.86. The largest absolute Gasteiger partial charge is 0.496 e. The second kappa shape index (κ2) is 6.37. The number of aliphatic hydroxyl groups is 1. The van der Waals surface area contributed by atoms with E-state index < -0.39 is 10.0 Å². The van der Waals surface area contributed by atoms with Crippen molar-refractivity contribution >= 4 is 26.0 Å². The predicted molar refractivity (Wildman–Crippen MR) is 69.5 cm³/mol. The van der Waals surface area contributed by atoms with Gasteiger partial charge in [0.15, 0.2) is 0 Å². The highest BCUT2D eigenvalue weighted by atomic mass is 79.9. The number of hydrogen-bond donors (Lipinski definition) is 2. The van der Waals surface area contributed by atoms with Crippen molar-refractivity contribution in [1.29, 1.82) is 0 Å². The van der Waals surface area contributed by atoms with Crippen molar-refractivity contribution in [3.8, 4) is 11.5 Å². The first-order chi connectivity index (χ1) is 8.46. The number of aliphatic hydroxyl groups excluding tert-OH is 1. The Hall–Kier alpha value is -0.830. The van der Waals surface area contributed by atoms with Gasteiger partial charge in [-0.15, -0.1) is 0 Å². The molecular weight excluding hydrogens is 326 g/mol. The summed E-state index contributed by atoms with van der Waals surface area (Å²) >= 11 is 3.24. The first-order valence-corrected chi connectivity index (χ1v) is 7.26. The first-order valence-electron chi connectivity index (χ1n) is 4.98. The Kier molecular flexibility index (Phi) is 5.39. The average Bonchev–Trinajstić information content (AvgIpc) is 2.35. The van der Waals surface area contributed by atoms with Gasteiger partial charge in [-0.2, -0.15) is 0 Å². The molecule has 0 bridgehead atoms. The predicted octanol–water partition coefficient (Wildman–Crippen LogP) is 0.737. The molecule has 102 valence electrons. The molecule has 0 radical (unpaired) electrons. The highest BCUT2D eigenvalue weighted by Gasteiger charge is 2.21. The molecule has 1 rings (SSSR count). The van der Waals surface area contributed by atoms with Crippen LogP contribution < -0.4 is 14.2 Å². The third-order valence-corrected chi connectivity index (χ3v) is 4.23. The van der Waals surface area contributed by atoms with E-state index >= 15 is 0 Å². The summed E-state index contributed by atoms with van der Waals surface area (Å²) in [4.78, 5) is -0.0431. The molecule has 0 fully saturated rings. The van der Waals surface area contributed by atoms with Gasteiger partial charge in [-0.05, 0) is 22.0 Å². The van der Waals surface area contributed by atoms with Gasteiger partial charge in [-0.25, -0.2) is 13.1 Å². The molecule has 2 N–H and O–H groups in total. The van der Waals surface area contributed by atoms with E-state index in [1.54, 1.807) is 0 Å². The van der Waals surface area contributed by atoms with Crippen molar-refractivity contribution in [2.24, 2.45) is 0 Å². The van der Waals surface area contributed by atoms with Crippen molar-refractivity contribution in [2.45, 2.75) is 4.90 Å². The number of hydrogen-bond acceptors (Lipinski definition) is 5. The van der Waals surface area contributed by atoms with Crippen LogP contribution >= 0.6 is 15.9 Å². The van der Waals surface area contributed by atoms with Gasteiger partial charge in [0.25, 0.3) is 0 Å². The average molecular weight is 340 g/mol. The van der Waals surface area contributed by atoms with Gasteiger partial charge in [0.2, 0.25) is 10.0 Å². The van der Waals surface area contributed by atoms with Gasteiger partial charge in [0.1, 0.15) is 16.4 Å². The molecule has 0 aliphatic heterocycles. The minimum Gasteiger partial charge on any atom is -0.496 e. The molecule has 1 aromatic rings. The molecule has 8 heteroatoms. The van der Waals surface area contributed by atoms with Crippen LogP contribution in [-0.4, -0.2) is 40.9 Å². The normalized spacial score (nSPS) is 11.3. The monoisotopic (exact) mass is 339 g/mol. The standard InChI is InChI=1S/C10H14BrNO5S/c1-16-8-6-10(9(17-2)5-7(8)11)18(14,15)12-3-4-13/h5-6,12-13H,3-4H2,1-2H3. The Bertz CT molecular complexity index is 517. The number of nitrogens with one attached hydrogen (secondary N) is 1. The third-order valence-electron chi connectivity index (χ3n) is 2.13. The molecule has 0 aliphatic rings. The molecule has 0 saturated carbocycles. The van der Waals surface area contributed by atoms with E-state index in [0.29, 0.717) is 10.2 Å². The van der Waals surface area contributed by atoms with Crippen molar-refractivity contribution < 1.29 is 23.0 Å². The summed E-state index contributed by atoms with van der Waals surface area (Å²) in [7, 11) is -0.941. The SMILES string of the molecule is COc1cc(S(=O)(=O)NCCO)c(OC)cc1Br. The Morgan fingerprint density at radius 1 is 1.28 bits per heavy atom. The lowest BCUT2D eigenvalue weighted by Crippen LogP contribution is -2.27. The first kappa shape index (κ1) is 15.2. The summed E-state index contributed by atoms with van der Waals surface area (Å²) in [5.74, 6) is 0.563. The van der Waals surface area contributed by atoms with Gasteiger partial charge >= 0.3 is 0 Å². The number of ether oxygens (including phenoxy) is 2. The quantitative estimate of drug-likeness (QED) is 0.798. The number of halogens is 1. The van der Waals surface area contributed by atoms with Gasteiger partial charge in [-0.1, -0.05) is 0 Å². The van der Waals surface area contributed by atoms with Crippen LogP contribution in [0.3, 0.4) is 0 Å². The van der Waals surface area contributed by atoms with Crippen molar-refractivity contribution in [1.82, 2.24) is 4.72 Å². The highest BCUT2D eigenvalue weighted by Crippen LogP contribution is 2.35. The summed E-state index contributed by atoms with van der Waals surface area (Å²) in [6.45, 7) is -0.348. The molecule has 0 atom stereocenters. The van der Waals surface area contributed by atoms with E-state index in [2.05, 4.69) is 20.7 Å². The Morgan fingerprint density at radius 2 is 1.89 bits per heavy atom. The van der Waals surface area contributed by atoms with E-state index in [0.717, 1.165) is 0 Å². The van der Waals surface area contributed by atoms with Crippen LogP contribution in [-0.2, 0) is 10.0 Å². The third kappa shape index (κ3) is 3.35. The van der Waals surface area contributed by atoms with Crippen molar-refractivity contribution in [3.05, 3.63) is 16.6 Å². The van der Waals surface area contributed by atoms with Gasteiger partial charge in [0.05, 0.1) is 25.3 Å². The van der Waals surface area contributed by atoms with E-state index in [9.17, 15) is 8.42 Å². The van der Waals surface area contributed by atoms with Crippen LogP contribution in [0.1, 0.15) is 0 Å². The van der Waals surface area contributed by atoms with Crippen LogP contribution in [0.5, 0.6) is 11.5 Å². The highest BCUT2D eigenvalue weighted by molar-refractivity contribution is 9.10. The molecule has 0 saturated heterocycles. The Labute approximate surface area is 114 Å². The maximum Gasteiger partial charge on any atom is 0.244 e. The van der Waals surface area contributed by atoms with Gasteiger partial charge in [-0.3, -0.25) is 0 Å². The van der Waals surface area contributed by atoms with Crippen LogP contribution in [0.2, 0.25) is 0 Å². The number of rotatable bonds is 6. The Balaban J connectivity index is 3.29. The molecule has 6 nitrogen and oxygen atoms in total.